The number of amides is 1. The van der Waals surface area contributed by atoms with Crippen LogP contribution in [-0.2, 0) is 34.3 Å². The molecular weight excluding hydrogens is 434 g/mol. The number of hydrogen-bond donors (Lipinski definition) is 1. The lowest BCUT2D eigenvalue weighted by Crippen LogP contribution is -2.43. The van der Waals surface area contributed by atoms with Gasteiger partial charge in [0.25, 0.3) is 5.69 Å². The summed E-state index contributed by atoms with van der Waals surface area (Å²) in [5.74, 6) is 0.694. The lowest BCUT2D eigenvalue weighted by molar-refractivity contribution is -0.385. The van der Waals surface area contributed by atoms with Crippen LogP contribution >= 0.6 is 0 Å². The summed E-state index contributed by atoms with van der Waals surface area (Å²) in [6.07, 6.45) is 6.04. The van der Waals surface area contributed by atoms with Crippen molar-refractivity contribution in [2.24, 2.45) is 5.92 Å². The number of hydrogen-bond acceptors (Lipinski definition) is 6. The van der Waals surface area contributed by atoms with Gasteiger partial charge in [0.05, 0.1) is 22.1 Å². The minimum absolute atomic E-state index is 0.0571. The van der Waals surface area contributed by atoms with Crippen molar-refractivity contribution in [2.75, 3.05) is 13.1 Å². The van der Waals surface area contributed by atoms with Crippen LogP contribution in [0.5, 0.6) is 0 Å². The number of carbonyl (C=O) groups is 1. The predicted molar refractivity (Wildman–Crippen MR) is 116 cm³/mol. The normalized spacial score (nSPS) is 17.7. The molecule has 11 heteroatoms. The number of imidazole rings is 1. The number of nitrogens with one attached hydrogen (secondary N) is 1. The molecule has 0 atom stereocenters. The SMILES string of the molecule is Cc1ccc([N+](=O)[O-])cc1S(=O)(=O)N1CCC(C(=O)NCc2cn3c(n2)CCCC3)CC1. The van der Waals surface area contributed by atoms with Gasteiger partial charge in [-0.25, -0.2) is 13.4 Å². The average Bonchev–Trinajstić information content (AvgIpc) is 3.20. The van der Waals surface area contributed by atoms with Crippen LogP contribution in [0.1, 0.15) is 42.8 Å². The van der Waals surface area contributed by atoms with Crippen molar-refractivity contribution < 1.29 is 18.1 Å². The van der Waals surface area contributed by atoms with Gasteiger partial charge in [0.15, 0.2) is 0 Å². The summed E-state index contributed by atoms with van der Waals surface area (Å²) in [7, 11) is -3.87. The molecule has 2 aromatic rings. The Balaban J connectivity index is 1.35. The van der Waals surface area contributed by atoms with Crippen molar-refractivity contribution in [3.05, 3.63) is 51.6 Å². The Morgan fingerprint density at radius 3 is 2.69 bits per heavy atom. The molecule has 0 aliphatic carbocycles. The molecule has 2 aliphatic heterocycles. The zero-order valence-electron chi connectivity index (χ0n) is 18.0. The molecule has 0 bridgehead atoms. The second-order valence-corrected chi connectivity index (χ2v) is 10.3. The molecule has 0 unspecified atom stereocenters. The number of non-ortho nitro benzene ring substituents is 1. The summed E-state index contributed by atoms with van der Waals surface area (Å²) in [6.45, 7) is 3.34. The van der Waals surface area contributed by atoms with Crippen LogP contribution < -0.4 is 5.32 Å². The zero-order chi connectivity index (χ0) is 22.9. The van der Waals surface area contributed by atoms with Gasteiger partial charge in [-0.2, -0.15) is 4.31 Å². The monoisotopic (exact) mass is 461 g/mol. The first-order chi connectivity index (χ1) is 15.3. The fourth-order valence-electron chi connectivity index (χ4n) is 4.36. The number of nitro benzene ring substituents is 1. The van der Waals surface area contributed by atoms with E-state index in [1.165, 1.54) is 16.4 Å². The number of fused-ring (bicyclic) bond motifs is 1. The number of nitro groups is 1. The Morgan fingerprint density at radius 1 is 1.25 bits per heavy atom. The first-order valence-electron chi connectivity index (χ1n) is 10.8. The molecule has 0 spiro atoms. The fourth-order valence-corrected chi connectivity index (χ4v) is 6.07. The summed E-state index contributed by atoms with van der Waals surface area (Å²) in [5, 5.41) is 14.0. The molecular formula is C21H27N5O5S. The fraction of sp³-hybridized carbons (Fsp3) is 0.524. The van der Waals surface area contributed by atoms with Gasteiger partial charge in [0.1, 0.15) is 5.82 Å². The maximum Gasteiger partial charge on any atom is 0.270 e. The maximum absolute atomic E-state index is 13.1. The molecule has 1 saturated heterocycles. The quantitative estimate of drug-likeness (QED) is 0.519. The van der Waals surface area contributed by atoms with E-state index in [4.69, 9.17) is 0 Å². The van der Waals surface area contributed by atoms with E-state index in [1.54, 1.807) is 6.92 Å². The number of nitrogens with zero attached hydrogens (tertiary/aromatic N) is 4. The van der Waals surface area contributed by atoms with Crippen molar-refractivity contribution in [3.8, 4) is 0 Å². The Hall–Kier alpha value is -2.79. The van der Waals surface area contributed by atoms with Crippen LogP contribution in [0.3, 0.4) is 0 Å². The molecule has 0 saturated carbocycles. The van der Waals surface area contributed by atoms with E-state index in [0.29, 0.717) is 24.9 Å². The smallest absolute Gasteiger partial charge is 0.270 e. The Morgan fingerprint density at radius 2 is 2.00 bits per heavy atom. The number of aromatic nitrogens is 2. The largest absolute Gasteiger partial charge is 0.350 e. The highest BCUT2D eigenvalue weighted by Gasteiger charge is 2.33. The molecule has 2 aliphatic rings. The van der Waals surface area contributed by atoms with Crippen LogP contribution in [0.25, 0.3) is 0 Å². The van der Waals surface area contributed by atoms with E-state index < -0.39 is 14.9 Å². The Kier molecular flexibility index (Phi) is 6.29. The molecule has 3 heterocycles. The van der Waals surface area contributed by atoms with Crippen LogP contribution in [0.2, 0.25) is 0 Å². The van der Waals surface area contributed by atoms with Gasteiger partial charge >= 0.3 is 0 Å². The molecule has 32 heavy (non-hydrogen) atoms. The molecule has 0 radical (unpaired) electrons. The summed E-state index contributed by atoms with van der Waals surface area (Å²) < 4.78 is 29.6. The van der Waals surface area contributed by atoms with Gasteiger partial charge in [-0.3, -0.25) is 14.9 Å². The Labute approximate surface area is 186 Å². The first kappa shape index (κ1) is 22.4. The van der Waals surface area contributed by atoms with Gasteiger partial charge < -0.3 is 9.88 Å². The number of sulfonamides is 1. The molecule has 4 rings (SSSR count). The van der Waals surface area contributed by atoms with Crippen LogP contribution in [0.4, 0.5) is 5.69 Å². The molecule has 1 amide bonds. The number of aryl methyl sites for hydroxylation is 3. The molecule has 1 N–H and O–H groups in total. The van der Waals surface area contributed by atoms with Crippen molar-refractivity contribution in [2.45, 2.75) is 57.0 Å². The molecule has 172 valence electrons. The van der Waals surface area contributed by atoms with Crippen LogP contribution in [-0.4, -0.2) is 46.2 Å². The number of rotatable bonds is 6. The van der Waals surface area contributed by atoms with Gasteiger partial charge in [-0.15, -0.1) is 0 Å². The molecule has 1 fully saturated rings. The predicted octanol–water partition coefficient (Wildman–Crippen LogP) is 2.15. The number of piperidine rings is 1. The first-order valence-corrected chi connectivity index (χ1v) is 12.3. The summed E-state index contributed by atoms with van der Waals surface area (Å²) in [6, 6.07) is 3.84. The third-order valence-electron chi connectivity index (χ3n) is 6.23. The Bertz CT molecular complexity index is 1110. The third kappa shape index (κ3) is 4.53. The van der Waals surface area contributed by atoms with Crippen molar-refractivity contribution in [1.82, 2.24) is 19.2 Å². The second kappa shape index (κ2) is 8.99. The highest BCUT2D eigenvalue weighted by atomic mass is 32.2. The zero-order valence-corrected chi connectivity index (χ0v) is 18.8. The molecule has 10 nitrogen and oxygen atoms in total. The molecule has 1 aromatic carbocycles. The van der Waals surface area contributed by atoms with E-state index in [1.807, 2.05) is 6.20 Å². The second-order valence-electron chi connectivity index (χ2n) is 8.40. The molecule has 1 aromatic heterocycles. The van der Waals surface area contributed by atoms with Gasteiger partial charge in [-0.1, -0.05) is 6.07 Å². The van der Waals surface area contributed by atoms with Crippen LogP contribution in [0, 0.1) is 23.0 Å². The highest BCUT2D eigenvalue weighted by Crippen LogP contribution is 2.28. The maximum atomic E-state index is 13.1. The summed E-state index contributed by atoms with van der Waals surface area (Å²) in [5.41, 5.74) is 1.04. The highest BCUT2D eigenvalue weighted by molar-refractivity contribution is 7.89. The standard InChI is InChI=1S/C21H27N5O5S/c1-15-5-6-18(26(28)29)12-19(15)32(30,31)25-10-7-16(8-11-25)21(27)22-13-17-14-24-9-3-2-4-20(24)23-17/h5-6,12,14,16H,2-4,7-11,13H2,1H3,(H,22,27). The number of benzene rings is 1. The van der Waals surface area contributed by atoms with E-state index in [9.17, 15) is 23.3 Å². The minimum Gasteiger partial charge on any atom is -0.350 e. The summed E-state index contributed by atoms with van der Waals surface area (Å²) in [4.78, 5) is 27.6. The van der Waals surface area contributed by atoms with Gasteiger partial charge in [0, 0.05) is 50.3 Å². The van der Waals surface area contributed by atoms with E-state index in [0.717, 1.165) is 43.4 Å². The van der Waals surface area contributed by atoms with Gasteiger partial charge in [0.2, 0.25) is 15.9 Å². The minimum atomic E-state index is -3.87. The summed E-state index contributed by atoms with van der Waals surface area (Å²) >= 11 is 0. The third-order valence-corrected chi connectivity index (χ3v) is 8.27. The van der Waals surface area contributed by atoms with Gasteiger partial charge in [-0.05, 0) is 38.2 Å². The lowest BCUT2D eigenvalue weighted by Gasteiger charge is -2.30. The van der Waals surface area contributed by atoms with Crippen molar-refractivity contribution in [1.29, 1.82) is 0 Å². The average molecular weight is 462 g/mol. The van der Waals surface area contributed by atoms with Crippen molar-refractivity contribution >= 4 is 21.6 Å². The van der Waals surface area contributed by atoms with Crippen molar-refractivity contribution in [3.63, 3.8) is 0 Å². The van der Waals surface area contributed by atoms with E-state index in [-0.39, 0.29) is 35.5 Å². The van der Waals surface area contributed by atoms with E-state index in [2.05, 4.69) is 14.9 Å². The number of carbonyl (C=O) groups excluding carboxylic acids is 1. The lowest BCUT2D eigenvalue weighted by atomic mass is 9.97. The topological polar surface area (TPSA) is 127 Å². The van der Waals surface area contributed by atoms with E-state index >= 15 is 0 Å². The van der Waals surface area contributed by atoms with Crippen LogP contribution in [0.15, 0.2) is 29.3 Å².